The number of aromatic nitrogens is 1. The van der Waals surface area contributed by atoms with Crippen LogP contribution in [-0.4, -0.2) is 23.7 Å². The van der Waals surface area contributed by atoms with E-state index in [2.05, 4.69) is 10.6 Å². The first-order valence-corrected chi connectivity index (χ1v) is 6.76. The lowest BCUT2D eigenvalue weighted by Crippen LogP contribution is -2.36. The van der Waals surface area contributed by atoms with Crippen molar-refractivity contribution < 1.29 is 9.53 Å². The van der Waals surface area contributed by atoms with Crippen LogP contribution in [0.4, 0.5) is 10.6 Å². The van der Waals surface area contributed by atoms with Crippen molar-refractivity contribution in [2.24, 2.45) is 7.05 Å². The minimum absolute atomic E-state index is 0.157. The fraction of sp³-hybridized carbons (Fsp3) is 0.400. The Labute approximate surface area is 118 Å². The van der Waals surface area contributed by atoms with Crippen molar-refractivity contribution in [2.45, 2.75) is 26.3 Å². The Bertz CT molecular complexity index is 619. The lowest BCUT2D eigenvalue weighted by atomic mass is 10.2. The predicted octanol–water partition coefficient (Wildman–Crippen LogP) is 3.11. The van der Waals surface area contributed by atoms with Crippen molar-refractivity contribution in [3.05, 3.63) is 24.3 Å². The molecule has 0 spiro atoms. The fourth-order valence-electron chi connectivity index (χ4n) is 2.04. The van der Waals surface area contributed by atoms with Crippen molar-refractivity contribution >= 4 is 22.8 Å². The number of carbonyl (C=O) groups excluding carboxylic acids is 1. The molecule has 0 fully saturated rings. The van der Waals surface area contributed by atoms with Gasteiger partial charge < -0.3 is 14.6 Å². The molecule has 2 amide bonds. The van der Waals surface area contributed by atoms with E-state index in [9.17, 15) is 4.79 Å². The summed E-state index contributed by atoms with van der Waals surface area (Å²) in [5.74, 6) is 1.56. The number of benzene rings is 1. The highest BCUT2D eigenvalue weighted by Crippen LogP contribution is 2.26. The average Bonchev–Trinajstić information content (AvgIpc) is 2.74. The van der Waals surface area contributed by atoms with Gasteiger partial charge in [-0.05, 0) is 31.5 Å². The SMILES string of the molecule is CCC(C)NC(=O)Nc1cc2ccc(OC)cc2n1C. The molecule has 5 heteroatoms. The number of hydrogen-bond donors (Lipinski definition) is 2. The Morgan fingerprint density at radius 1 is 1.40 bits per heavy atom. The molecule has 1 unspecified atom stereocenters. The van der Waals surface area contributed by atoms with E-state index in [0.29, 0.717) is 0 Å². The van der Waals surface area contributed by atoms with Crippen LogP contribution in [0, 0.1) is 0 Å². The zero-order valence-corrected chi connectivity index (χ0v) is 12.4. The Balaban J connectivity index is 2.22. The second-order valence-corrected chi connectivity index (χ2v) is 4.92. The molecule has 1 aromatic carbocycles. The van der Waals surface area contributed by atoms with Gasteiger partial charge in [0.05, 0.1) is 12.6 Å². The van der Waals surface area contributed by atoms with Crippen LogP contribution >= 0.6 is 0 Å². The summed E-state index contributed by atoms with van der Waals surface area (Å²) in [4.78, 5) is 11.9. The van der Waals surface area contributed by atoms with Crippen molar-refractivity contribution in [1.29, 1.82) is 0 Å². The van der Waals surface area contributed by atoms with E-state index in [1.54, 1.807) is 7.11 Å². The van der Waals surface area contributed by atoms with Gasteiger partial charge in [0.1, 0.15) is 11.6 Å². The quantitative estimate of drug-likeness (QED) is 0.900. The molecule has 2 N–H and O–H groups in total. The molecular formula is C15H21N3O2. The molecule has 1 aromatic heterocycles. The molecule has 1 atom stereocenters. The number of hydrogen-bond acceptors (Lipinski definition) is 2. The first-order valence-electron chi connectivity index (χ1n) is 6.76. The van der Waals surface area contributed by atoms with Crippen LogP contribution in [-0.2, 0) is 7.05 Å². The number of anilines is 1. The molecule has 0 saturated heterocycles. The van der Waals surface area contributed by atoms with Crippen LogP contribution in [0.25, 0.3) is 10.9 Å². The average molecular weight is 275 g/mol. The van der Waals surface area contributed by atoms with Crippen LogP contribution in [0.3, 0.4) is 0 Å². The number of aryl methyl sites for hydroxylation is 1. The Hall–Kier alpha value is -2.17. The van der Waals surface area contributed by atoms with Gasteiger partial charge in [-0.25, -0.2) is 4.79 Å². The number of carbonyl (C=O) groups is 1. The summed E-state index contributed by atoms with van der Waals surface area (Å²) in [5.41, 5.74) is 1.02. The highest BCUT2D eigenvalue weighted by atomic mass is 16.5. The third-order valence-corrected chi connectivity index (χ3v) is 3.48. The molecule has 0 radical (unpaired) electrons. The first kappa shape index (κ1) is 14.2. The van der Waals surface area contributed by atoms with Crippen LogP contribution in [0.5, 0.6) is 5.75 Å². The molecule has 0 aliphatic heterocycles. The number of urea groups is 1. The Morgan fingerprint density at radius 3 is 2.80 bits per heavy atom. The first-order chi connectivity index (χ1) is 9.55. The van der Waals surface area contributed by atoms with Crippen molar-refractivity contribution in [3.8, 4) is 5.75 Å². The molecule has 1 heterocycles. The van der Waals surface area contributed by atoms with Crippen LogP contribution < -0.4 is 15.4 Å². The molecule has 0 bridgehead atoms. The molecule has 5 nitrogen and oxygen atoms in total. The molecule has 2 aromatic rings. The number of rotatable bonds is 4. The Morgan fingerprint density at radius 2 is 2.15 bits per heavy atom. The predicted molar refractivity (Wildman–Crippen MR) is 81.4 cm³/mol. The van der Waals surface area contributed by atoms with Gasteiger partial charge >= 0.3 is 6.03 Å². The van der Waals surface area contributed by atoms with Crippen LogP contribution in [0.15, 0.2) is 24.3 Å². The number of methoxy groups -OCH3 is 1. The standard InChI is InChI=1S/C15H21N3O2/c1-5-10(2)16-15(19)17-14-8-11-6-7-12(20-4)9-13(11)18(14)3/h6-10H,5H2,1-4H3,(H2,16,17,19). The fourth-order valence-corrected chi connectivity index (χ4v) is 2.04. The lowest BCUT2D eigenvalue weighted by Gasteiger charge is -2.13. The van der Waals surface area contributed by atoms with E-state index < -0.39 is 0 Å². The second kappa shape index (κ2) is 5.86. The van der Waals surface area contributed by atoms with Gasteiger partial charge in [0.2, 0.25) is 0 Å². The zero-order chi connectivity index (χ0) is 14.7. The van der Waals surface area contributed by atoms with E-state index in [0.717, 1.165) is 28.9 Å². The van der Waals surface area contributed by atoms with Gasteiger partial charge in [-0.3, -0.25) is 5.32 Å². The van der Waals surface area contributed by atoms with Crippen molar-refractivity contribution in [1.82, 2.24) is 9.88 Å². The van der Waals surface area contributed by atoms with Crippen molar-refractivity contribution in [2.75, 3.05) is 12.4 Å². The van der Waals surface area contributed by atoms with Crippen LogP contribution in [0.1, 0.15) is 20.3 Å². The maximum atomic E-state index is 11.9. The van der Waals surface area contributed by atoms with E-state index >= 15 is 0 Å². The zero-order valence-electron chi connectivity index (χ0n) is 12.4. The van der Waals surface area contributed by atoms with E-state index in [1.165, 1.54) is 0 Å². The molecule has 0 aliphatic carbocycles. The smallest absolute Gasteiger partial charge is 0.320 e. The highest BCUT2D eigenvalue weighted by Gasteiger charge is 2.10. The lowest BCUT2D eigenvalue weighted by molar-refractivity contribution is 0.249. The summed E-state index contributed by atoms with van der Waals surface area (Å²) >= 11 is 0. The van der Waals surface area contributed by atoms with E-state index in [-0.39, 0.29) is 12.1 Å². The molecule has 108 valence electrons. The third kappa shape index (κ3) is 2.87. The van der Waals surface area contributed by atoms with Gasteiger partial charge in [-0.1, -0.05) is 6.92 Å². The topological polar surface area (TPSA) is 55.3 Å². The van der Waals surface area contributed by atoms with Gasteiger partial charge in [0.25, 0.3) is 0 Å². The summed E-state index contributed by atoms with van der Waals surface area (Å²) in [6.07, 6.45) is 0.903. The third-order valence-electron chi connectivity index (χ3n) is 3.48. The minimum atomic E-state index is -0.183. The summed E-state index contributed by atoms with van der Waals surface area (Å²) < 4.78 is 7.16. The number of amides is 2. The number of nitrogens with zero attached hydrogens (tertiary/aromatic N) is 1. The Kier molecular flexibility index (Phi) is 4.17. The van der Waals surface area contributed by atoms with E-state index in [4.69, 9.17) is 4.74 Å². The van der Waals surface area contributed by atoms with Gasteiger partial charge in [0.15, 0.2) is 0 Å². The number of ether oxygens (including phenoxy) is 1. The maximum absolute atomic E-state index is 11.9. The molecular weight excluding hydrogens is 254 g/mol. The van der Waals surface area contributed by atoms with Crippen molar-refractivity contribution in [3.63, 3.8) is 0 Å². The largest absolute Gasteiger partial charge is 0.497 e. The molecule has 20 heavy (non-hydrogen) atoms. The minimum Gasteiger partial charge on any atom is -0.497 e. The summed E-state index contributed by atoms with van der Waals surface area (Å²) in [6, 6.07) is 7.76. The molecule has 0 saturated carbocycles. The molecule has 2 rings (SSSR count). The van der Waals surface area contributed by atoms with Gasteiger partial charge in [-0.2, -0.15) is 0 Å². The molecule has 0 aliphatic rings. The number of nitrogens with one attached hydrogen (secondary N) is 2. The van der Waals surface area contributed by atoms with Gasteiger partial charge in [0, 0.05) is 24.5 Å². The van der Waals surface area contributed by atoms with Gasteiger partial charge in [-0.15, -0.1) is 0 Å². The second-order valence-electron chi connectivity index (χ2n) is 4.92. The maximum Gasteiger partial charge on any atom is 0.320 e. The van der Waals surface area contributed by atoms with Crippen LogP contribution in [0.2, 0.25) is 0 Å². The normalized spacial score (nSPS) is 12.2. The van der Waals surface area contributed by atoms with E-state index in [1.807, 2.05) is 49.7 Å². The summed E-state index contributed by atoms with van der Waals surface area (Å²) in [7, 11) is 3.56. The monoisotopic (exact) mass is 275 g/mol. The summed E-state index contributed by atoms with van der Waals surface area (Å²) in [6.45, 7) is 4.01. The summed E-state index contributed by atoms with van der Waals surface area (Å²) in [5, 5.41) is 6.82. The number of fused-ring (bicyclic) bond motifs is 1. The highest BCUT2D eigenvalue weighted by molar-refractivity contribution is 5.94.